The lowest BCUT2D eigenvalue weighted by atomic mass is 10.2. The molecule has 0 aliphatic heterocycles. The predicted octanol–water partition coefficient (Wildman–Crippen LogP) is 4.75. The molecular weight excluding hydrogens is 401 g/mol. The summed E-state index contributed by atoms with van der Waals surface area (Å²) in [6.07, 6.45) is 0.385. The summed E-state index contributed by atoms with van der Waals surface area (Å²) in [6.45, 7) is 6.55. The van der Waals surface area contributed by atoms with E-state index in [0.717, 1.165) is 11.6 Å². The van der Waals surface area contributed by atoms with Crippen LogP contribution in [0.2, 0.25) is 25.7 Å². The van der Waals surface area contributed by atoms with Gasteiger partial charge in [0.1, 0.15) is 6.73 Å². The first-order valence-electron chi connectivity index (χ1n) is 9.17. The molecule has 0 aliphatic rings. The van der Waals surface area contributed by atoms with E-state index in [1.807, 2.05) is 16.8 Å². The monoisotopic (exact) mass is 424 g/mol. The number of hydrogen-bond acceptors (Lipinski definition) is 5. The Kier molecular flexibility index (Phi) is 6.23. The molecule has 0 N–H and O–H groups in total. The maximum absolute atomic E-state index is 12.5. The summed E-state index contributed by atoms with van der Waals surface area (Å²) in [7, 11) is -1.15. The summed E-state index contributed by atoms with van der Waals surface area (Å²) >= 11 is 0. The third kappa shape index (κ3) is 6.01. The average Bonchev–Trinajstić information content (AvgIpc) is 3.05. The van der Waals surface area contributed by atoms with Crippen molar-refractivity contribution in [3.05, 3.63) is 36.8 Å². The van der Waals surface area contributed by atoms with Crippen molar-refractivity contribution in [3.8, 4) is 17.3 Å². The molecule has 0 saturated carbocycles. The van der Waals surface area contributed by atoms with Gasteiger partial charge in [0.2, 0.25) is 5.88 Å². The summed E-state index contributed by atoms with van der Waals surface area (Å²) in [5.41, 5.74) is 1.75. The first-order valence-corrected chi connectivity index (χ1v) is 12.9. The second-order valence-electron chi connectivity index (χ2n) is 7.86. The van der Waals surface area contributed by atoms with Gasteiger partial charge in [-0.3, -0.25) is 0 Å². The van der Waals surface area contributed by atoms with Crippen LogP contribution < -0.4 is 4.74 Å². The maximum atomic E-state index is 12.5. The average molecular weight is 424 g/mol. The van der Waals surface area contributed by atoms with Crippen LogP contribution in [-0.2, 0) is 11.5 Å². The molecule has 0 unspecified atom stereocenters. The van der Waals surface area contributed by atoms with E-state index < -0.39 is 20.9 Å². The molecule has 29 heavy (non-hydrogen) atoms. The van der Waals surface area contributed by atoms with Crippen LogP contribution in [0.5, 0.6) is 5.88 Å². The van der Waals surface area contributed by atoms with Gasteiger partial charge in [0.25, 0.3) is 0 Å². The van der Waals surface area contributed by atoms with Crippen LogP contribution in [0.3, 0.4) is 0 Å². The molecule has 0 fully saturated rings. The molecule has 10 heteroatoms. The zero-order valence-corrected chi connectivity index (χ0v) is 17.5. The van der Waals surface area contributed by atoms with Gasteiger partial charge >= 0.3 is 6.18 Å². The molecule has 0 spiro atoms. The lowest BCUT2D eigenvalue weighted by molar-refractivity contribution is -0.154. The fraction of sp³-hybridized carbons (Fsp3) is 0.421. The lowest BCUT2D eigenvalue weighted by Gasteiger charge is -2.15. The second-order valence-corrected chi connectivity index (χ2v) is 13.5. The van der Waals surface area contributed by atoms with E-state index in [0.29, 0.717) is 24.4 Å². The summed E-state index contributed by atoms with van der Waals surface area (Å²) in [5, 5.41) is 0. The van der Waals surface area contributed by atoms with E-state index in [1.54, 1.807) is 18.3 Å². The Morgan fingerprint density at radius 3 is 2.66 bits per heavy atom. The summed E-state index contributed by atoms with van der Waals surface area (Å²) < 4.78 is 49.9. The third-order valence-corrected chi connectivity index (χ3v) is 5.84. The first-order chi connectivity index (χ1) is 13.6. The van der Waals surface area contributed by atoms with Crippen molar-refractivity contribution in [2.75, 3.05) is 13.2 Å². The van der Waals surface area contributed by atoms with Crippen LogP contribution >= 0.6 is 0 Å². The maximum Gasteiger partial charge on any atom is 0.422 e. The summed E-state index contributed by atoms with van der Waals surface area (Å²) in [6, 6.07) is 6.07. The first kappa shape index (κ1) is 21.3. The van der Waals surface area contributed by atoms with Crippen LogP contribution in [0.4, 0.5) is 13.2 Å². The van der Waals surface area contributed by atoms with Crippen molar-refractivity contribution in [2.24, 2.45) is 0 Å². The number of aromatic nitrogens is 4. The van der Waals surface area contributed by atoms with Crippen molar-refractivity contribution in [1.82, 2.24) is 19.5 Å². The number of rotatable bonds is 8. The van der Waals surface area contributed by atoms with Gasteiger partial charge in [0.15, 0.2) is 12.4 Å². The van der Waals surface area contributed by atoms with Crippen molar-refractivity contribution in [3.63, 3.8) is 0 Å². The van der Waals surface area contributed by atoms with Crippen LogP contribution in [0.25, 0.3) is 22.4 Å². The van der Waals surface area contributed by atoms with E-state index in [4.69, 9.17) is 9.47 Å². The fourth-order valence-electron chi connectivity index (χ4n) is 2.58. The van der Waals surface area contributed by atoms with E-state index in [-0.39, 0.29) is 11.7 Å². The van der Waals surface area contributed by atoms with Crippen molar-refractivity contribution >= 4 is 19.1 Å². The van der Waals surface area contributed by atoms with Crippen molar-refractivity contribution in [2.45, 2.75) is 38.6 Å². The Morgan fingerprint density at radius 2 is 1.93 bits per heavy atom. The smallest absolute Gasteiger partial charge is 0.422 e. The summed E-state index contributed by atoms with van der Waals surface area (Å²) in [4.78, 5) is 12.6. The molecule has 156 valence electrons. The van der Waals surface area contributed by atoms with Gasteiger partial charge in [0.05, 0.1) is 22.8 Å². The lowest BCUT2D eigenvalue weighted by Crippen LogP contribution is -2.21. The molecule has 3 aromatic rings. The Labute approximate surface area is 167 Å². The number of halogens is 3. The molecule has 0 atom stereocenters. The van der Waals surface area contributed by atoms with E-state index in [1.165, 1.54) is 6.20 Å². The number of pyridine rings is 1. The van der Waals surface area contributed by atoms with Crippen molar-refractivity contribution in [1.29, 1.82) is 0 Å². The predicted molar refractivity (Wildman–Crippen MR) is 106 cm³/mol. The van der Waals surface area contributed by atoms with E-state index in [9.17, 15) is 13.2 Å². The highest BCUT2D eigenvalue weighted by atomic mass is 28.3. The molecule has 0 bridgehead atoms. The van der Waals surface area contributed by atoms with Crippen LogP contribution in [0.15, 0.2) is 36.8 Å². The highest BCUT2D eigenvalue weighted by Gasteiger charge is 2.29. The highest BCUT2D eigenvalue weighted by molar-refractivity contribution is 6.76. The molecule has 0 amide bonds. The molecule has 6 nitrogen and oxygen atoms in total. The van der Waals surface area contributed by atoms with Gasteiger partial charge in [-0.2, -0.15) is 13.2 Å². The largest absolute Gasteiger partial charge is 0.467 e. The Hall–Kier alpha value is -2.46. The van der Waals surface area contributed by atoms with E-state index in [2.05, 4.69) is 34.6 Å². The van der Waals surface area contributed by atoms with Gasteiger partial charge in [-0.15, -0.1) is 0 Å². The highest BCUT2D eigenvalue weighted by Crippen LogP contribution is 2.28. The second kappa shape index (κ2) is 8.50. The Balaban J connectivity index is 1.76. The van der Waals surface area contributed by atoms with Gasteiger partial charge in [-0.25, -0.2) is 15.0 Å². The molecule has 0 aromatic carbocycles. The fourth-order valence-corrected chi connectivity index (χ4v) is 3.34. The van der Waals surface area contributed by atoms with Gasteiger partial charge < -0.3 is 14.0 Å². The molecular formula is C19H23F3N4O2Si. The van der Waals surface area contributed by atoms with Gasteiger partial charge in [-0.1, -0.05) is 19.6 Å². The number of ether oxygens (including phenoxy) is 2. The standard InChI is InChI=1S/C19H23F3N4O2Si/c1-29(2,3)10-9-27-13-26-8-6-15-16(26)11-24-17(25-15)14-5-4-7-23-18(14)28-12-19(20,21)22/h4-8,11H,9-10,12-13H2,1-3H3. The Morgan fingerprint density at radius 1 is 1.14 bits per heavy atom. The van der Waals surface area contributed by atoms with Gasteiger partial charge in [0, 0.05) is 27.1 Å². The quantitative estimate of drug-likeness (QED) is 0.386. The minimum Gasteiger partial charge on any atom is -0.467 e. The third-order valence-electron chi connectivity index (χ3n) is 4.13. The van der Waals surface area contributed by atoms with Gasteiger partial charge in [-0.05, 0) is 24.2 Å². The number of fused-ring (bicyclic) bond motifs is 1. The molecule has 3 heterocycles. The van der Waals surface area contributed by atoms with Crippen LogP contribution in [0, 0.1) is 0 Å². The number of alkyl halides is 3. The minimum absolute atomic E-state index is 0.154. The number of hydrogen-bond donors (Lipinski definition) is 0. The molecule has 3 rings (SSSR count). The Bertz CT molecular complexity index is 970. The molecule has 0 radical (unpaired) electrons. The SMILES string of the molecule is C[Si](C)(C)CCOCn1ccc2nc(-c3cccnc3OCC(F)(F)F)ncc21. The van der Waals surface area contributed by atoms with E-state index >= 15 is 0 Å². The zero-order chi connectivity index (χ0) is 21.1. The normalized spacial score (nSPS) is 12.5. The molecule has 0 aliphatic carbocycles. The topological polar surface area (TPSA) is 62.1 Å². The molecule has 3 aromatic heterocycles. The zero-order valence-electron chi connectivity index (χ0n) is 16.5. The summed E-state index contributed by atoms with van der Waals surface area (Å²) in [5.74, 6) is 0.0958. The van der Waals surface area contributed by atoms with Crippen LogP contribution in [0.1, 0.15) is 0 Å². The van der Waals surface area contributed by atoms with Crippen LogP contribution in [-0.4, -0.2) is 47.0 Å². The molecule has 0 saturated heterocycles. The minimum atomic E-state index is -4.45. The number of nitrogens with zero attached hydrogens (tertiary/aromatic N) is 4. The van der Waals surface area contributed by atoms with Crippen molar-refractivity contribution < 1.29 is 22.6 Å².